The van der Waals surface area contributed by atoms with E-state index in [1.165, 1.54) is 14.2 Å². The van der Waals surface area contributed by atoms with E-state index in [9.17, 15) is 19.2 Å². The molecule has 0 spiro atoms. The van der Waals surface area contributed by atoms with Crippen LogP contribution in [0, 0.1) is 5.92 Å². The van der Waals surface area contributed by atoms with Crippen molar-refractivity contribution in [3.63, 3.8) is 0 Å². The summed E-state index contributed by atoms with van der Waals surface area (Å²) < 4.78 is 21.8. The first-order valence-corrected chi connectivity index (χ1v) is 21.9. The molecule has 0 aliphatic carbocycles. The van der Waals surface area contributed by atoms with E-state index < -0.39 is 30.3 Å². The molecule has 336 valence electrons. The molecule has 7 atom stereocenters. The van der Waals surface area contributed by atoms with Gasteiger partial charge in [-0.25, -0.2) is 19.6 Å². The molecule has 1 saturated heterocycles. The minimum absolute atomic E-state index is 0.118. The van der Waals surface area contributed by atoms with Crippen molar-refractivity contribution in [3.8, 4) is 28.1 Å². The number of carbonyl (C=O) groups excluding carboxylic acids is 4. The predicted octanol–water partition coefficient (Wildman–Crippen LogP) is 7.94. The summed E-state index contributed by atoms with van der Waals surface area (Å²) in [5.74, 6) is 1.49. The summed E-state index contributed by atoms with van der Waals surface area (Å²) in [4.78, 5) is 72.9. The summed E-state index contributed by atoms with van der Waals surface area (Å²) in [7, 11) is 4.21. The first-order valence-electron chi connectivity index (χ1n) is 21.9. The van der Waals surface area contributed by atoms with Crippen LogP contribution >= 0.6 is 0 Å². The maximum Gasteiger partial charge on any atom is 0.407 e. The Morgan fingerprint density at radius 2 is 1.65 bits per heavy atom. The maximum absolute atomic E-state index is 14.1. The van der Waals surface area contributed by atoms with Crippen LogP contribution in [0.2, 0.25) is 0 Å². The largest absolute Gasteiger partial charge is 0.488 e. The van der Waals surface area contributed by atoms with Crippen LogP contribution in [-0.4, -0.2) is 105 Å². The van der Waals surface area contributed by atoms with Crippen molar-refractivity contribution in [2.45, 2.75) is 123 Å². The van der Waals surface area contributed by atoms with E-state index in [4.69, 9.17) is 28.9 Å². The average Bonchev–Trinajstić information content (AvgIpc) is 4.07. The van der Waals surface area contributed by atoms with Crippen LogP contribution in [-0.2, 0) is 30.4 Å². The summed E-state index contributed by atoms with van der Waals surface area (Å²) >= 11 is 0. The molecule has 16 nitrogen and oxygen atoms in total. The van der Waals surface area contributed by atoms with E-state index in [0.717, 1.165) is 68.3 Å². The fraction of sp³-hybridized carbons (Fsp3) is 0.489. The third kappa shape index (κ3) is 8.64. The number of carbonyl (C=O) groups is 4. The zero-order chi connectivity index (χ0) is 45.3. The second-order valence-electron chi connectivity index (χ2n) is 17.0. The molecule has 2 aliphatic rings. The summed E-state index contributed by atoms with van der Waals surface area (Å²) in [6.07, 6.45) is 2.76. The second-order valence-corrected chi connectivity index (χ2v) is 17.0. The molecule has 0 saturated carbocycles. The Bertz CT molecular complexity index is 2500. The molecule has 4 heterocycles. The first-order chi connectivity index (χ1) is 30.2. The van der Waals surface area contributed by atoms with E-state index >= 15 is 0 Å². The van der Waals surface area contributed by atoms with Gasteiger partial charge in [0.15, 0.2) is 0 Å². The summed E-state index contributed by atoms with van der Waals surface area (Å²) in [6, 6.07) is 11.9. The van der Waals surface area contributed by atoms with Gasteiger partial charge in [-0.3, -0.25) is 9.59 Å². The van der Waals surface area contributed by atoms with Gasteiger partial charge in [0.2, 0.25) is 11.8 Å². The van der Waals surface area contributed by atoms with Crippen molar-refractivity contribution in [1.29, 1.82) is 0 Å². The molecule has 63 heavy (non-hydrogen) atoms. The molecule has 1 fully saturated rings. The smallest absolute Gasteiger partial charge is 0.407 e. The second kappa shape index (κ2) is 18.7. The lowest BCUT2D eigenvalue weighted by molar-refractivity contribution is -0.140. The van der Waals surface area contributed by atoms with Crippen molar-refractivity contribution in [2.24, 2.45) is 5.92 Å². The lowest BCUT2D eigenvalue weighted by Crippen LogP contribution is -2.54. The number of imidazole rings is 2. The zero-order valence-electron chi connectivity index (χ0n) is 37.8. The first kappa shape index (κ1) is 44.9. The number of alkyl carbamates (subject to hydrolysis) is 2. The molecule has 5 aromatic rings. The van der Waals surface area contributed by atoms with Crippen LogP contribution in [0.1, 0.15) is 103 Å². The molecule has 2 aromatic heterocycles. The molecule has 0 radical (unpaired) electrons. The number of nitrogens with zero attached hydrogens (tertiary/aromatic N) is 4. The van der Waals surface area contributed by atoms with Gasteiger partial charge < -0.3 is 49.3 Å². The van der Waals surface area contributed by atoms with Crippen LogP contribution in [0.5, 0.6) is 5.75 Å². The number of aromatic amines is 2. The molecule has 2 unspecified atom stereocenters. The van der Waals surface area contributed by atoms with Gasteiger partial charge in [0, 0.05) is 24.1 Å². The number of rotatable bonds is 14. The number of H-pyrrole nitrogens is 2. The SMILES string of the molecule is CCC(NC(=O)OC)C(=O)N1[C@@H](C(C)OC)CC[C@H]1c1nc2c(ccc3cc4c(cc32)OCc2cc(-c3cnc([C@H](C)N(C(=O)[C@@H](NC(=O)OC)C(C)C)[C@@H](C)CC)[nH]3)ccc2-4)[nH]1. The number of benzene rings is 3. The van der Waals surface area contributed by atoms with E-state index in [2.05, 4.69) is 50.9 Å². The minimum Gasteiger partial charge on any atom is -0.488 e. The number of nitrogens with one attached hydrogen (secondary N) is 4. The highest BCUT2D eigenvalue weighted by atomic mass is 16.5. The Kier molecular flexibility index (Phi) is 13.3. The molecule has 3 aromatic carbocycles. The van der Waals surface area contributed by atoms with Crippen LogP contribution in [0.15, 0.2) is 48.7 Å². The Balaban J connectivity index is 1.16. The Hall–Kier alpha value is -6.16. The van der Waals surface area contributed by atoms with Crippen LogP contribution < -0.4 is 15.4 Å². The monoisotopic (exact) mass is 864 g/mol. The minimum atomic E-state index is -0.761. The number of aromatic nitrogens is 4. The van der Waals surface area contributed by atoms with Gasteiger partial charge in [-0.15, -0.1) is 0 Å². The molecule has 4 N–H and O–H groups in total. The van der Waals surface area contributed by atoms with Crippen LogP contribution in [0.25, 0.3) is 44.2 Å². The van der Waals surface area contributed by atoms with Crippen molar-refractivity contribution in [2.75, 3.05) is 21.3 Å². The van der Waals surface area contributed by atoms with E-state index in [1.54, 1.807) is 18.2 Å². The topological polar surface area (TPSA) is 193 Å². The Morgan fingerprint density at radius 1 is 0.905 bits per heavy atom. The predicted molar refractivity (Wildman–Crippen MR) is 239 cm³/mol. The molecule has 0 bridgehead atoms. The summed E-state index contributed by atoms with van der Waals surface area (Å²) in [5, 5.41) is 7.34. The highest BCUT2D eigenvalue weighted by Crippen LogP contribution is 2.44. The Morgan fingerprint density at radius 3 is 2.33 bits per heavy atom. The standard InChI is InChI=1S/C47H60N8O8/c1-11-25(5)54(45(57)40(24(3)4)53-47(59)62-10)26(6)42-48-22-36(50-42)29-13-15-31-30(19-29)23-63-39-21-32-28(20-33(31)39)14-16-35-41(32)52-43(49-35)38-18-17-37(27(7)60-8)55(38)44(56)34(12-2)51-46(58)61-9/h13-16,19-22,24-27,34,37-38,40H,11-12,17-18,23H2,1-10H3,(H,48,50)(H,49,52)(H,51,58)(H,53,59)/t25-,26-,27?,34?,37+,38-,40-/m0/s1. The van der Waals surface area contributed by atoms with Gasteiger partial charge in [0.05, 0.1) is 61.4 Å². The number of hydrogen-bond donors (Lipinski definition) is 4. The van der Waals surface area contributed by atoms with Gasteiger partial charge in [-0.1, -0.05) is 45.9 Å². The van der Waals surface area contributed by atoms with Crippen LogP contribution in [0.4, 0.5) is 9.59 Å². The molecular weight excluding hydrogens is 805 g/mol. The third-order valence-corrected chi connectivity index (χ3v) is 12.9. The average molecular weight is 865 g/mol. The number of likely N-dealkylation sites (tertiary alicyclic amines) is 1. The molecule has 7 rings (SSSR count). The van der Waals surface area contributed by atoms with Crippen LogP contribution in [0.3, 0.4) is 0 Å². The lowest BCUT2D eigenvalue weighted by atomic mass is 9.92. The molecule has 4 amide bonds. The van der Waals surface area contributed by atoms with Gasteiger partial charge in [-0.05, 0) is 98.7 Å². The van der Waals surface area contributed by atoms with E-state index in [0.29, 0.717) is 31.1 Å². The maximum atomic E-state index is 14.1. The van der Waals surface area contributed by atoms with E-state index in [-0.39, 0.29) is 42.0 Å². The highest BCUT2D eigenvalue weighted by molar-refractivity contribution is 6.07. The number of ether oxygens (including phenoxy) is 4. The number of hydrogen-bond acceptors (Lipinski definition) is 10. The van der Waals surface area contributed by atoms with Crippen molar-refractivity contribution < 1.29 is 38.1 Å². The fourth-order valence-corrected chi connectivity index (χ4v) is 9.07. The van der Waals surface area contributed by atoms with Crippen molar-refractivity contribution in [1.82, 2.24) is 40.4 Å². The number of fused-ring (bicyclic) bond motifs is 6. The number of amides is 4. The third-order valence-electron chi connectivity index (χ3n) is 12.9. The van der Waals surface area contributed by atoms with E-state index in [1.807, 2.05) is 65.5 Å². The molecule has 16 heteroatoms. The quantitative estimate of drug-likeness (QED) is 0.0852. The van der Waals surface area contributed by atoms with Crippen molar-refractivity contribution in [3.05, 3.63) is 65.9 Å². The summed E-state index contributed by atoms with van der Waals surface area (Å²) in [6.45, 7) is 13.9. The van der Waals surface area contributed by atoms with Crippen molar-refractivity contribution >= 4 is 45.8 Å². The summed E-state index contributed by atoms with van der Waals surface area (Å²) in [5.41, 5.74) is 6.42. The Labute approximate surface area is 367 Å². The fourth-order valence-electron chi connectivity index (χ4n) is 9.07. The lowest BCUT2D eigenvalue weighted by Gasteiger charge is -2.37. The van der Waals surface area contributed by atoms with Gasteiger partial charge >= 0.3 is 12.2 Å². The van der Waals surface area contributed by atoms with Gasteiger partial charge in [0.1, 0.15) is 36.1 Å². The molecular formula is C47H60N8O8. The van der Waals surface area contributed by atoms with Gasteiger partial charge in [-0.2, -0.15) is 0 Å². The number of methoxy groups -OCH3 is 3. The zero-order valence-corrected chi connectivity index (χ0v) is 37.8. The molecule has 2 aliphatic heterocycles. The van der Waals surface area contributed by atoms with Gasteiger partial charge in [0.25, 0.3) is 0 Å². The normalized spacial score (nSPS) is 18.2. The highest BCUT2D eigenvalue weighted by Gasteiger charge is 2.44.